The summed E-state index contributed by atoms with van der Waals surface area (Å²) in [5.41, 5.74) is 2.66. The molecular formula is C18H20O. The number of para-hydroxylation sites is 1. The van der Waals surface area contributed by atoms with Gasteiger partial charge in [-0.15, -0.1) is 0 Å². The highest BCUT2D eigenvalue weighted by molar-refractivity contribution is 5.37. The Bertz CT molecular complexity index is 532. The molecule has 0 spiro atoms. The van der Waals surface area contributed by atoms with Crippen molar-refractivity contribution in [2.75, 3.05) is 0 Å². The molecular weight excluding hydrogens is 232 g/mol. The fourth-order valence-corrected chi connectivity index (χ4v) is 3.02. The van der Waals surface area contributed by atoms with E-state index < -0.39 is 0 Å². The first kappa shape index (κ1) is 12.3. The Morgan fingerprint density at radius 3 is 2.53 bits per heavy atom. The van der Waals surface area contributed by atoms with Crippen LogP contribution in [0, 0.1) is 5.92 Å². The van der Waals surface area contributed by atoms with Crippen molar-refractivity contribution < 1.29 is 4.74 Å². The van der Waals surface area contributed by atoms with Gasteiger partial charge in [-0.2, -0.15) is 0 Å². The van der Waals surface area contributed by atoms with Crippen molar-refractivity contribution in [2.24, 2.45) is 5.92 Å². The average Bonchev–Trinajstić information content (AvgIpc) is 2.48. The van der Waals surface area contributed by atoms with E-state index in [1.54, 1.807) is 0 Å². The topological polar surface area (TPSA) is 9.23 Å². The van der Waals surface area contributed by atoms with Crippen molar-refractivity contribution in [2.45, 2.75) is 32.3 Å². The number of hydrogen-bond acceptors (Lipinski definition) is 1. The lowest BCUT2D eigenvalue weighted by atomic mass is 9.84. The van der Waals surface area contributed by atoms with E-state index in [0.29, 0.717) is 5.92 Å². The predicted molar refractivity (Wildman–Crippen MR) is 78.4 cm³/mol. The van der Waals surface area contributed by atoms with Crippen LogP contribution in [0.15, 0.2) is 54.6 Å². The van der Waals surface area contributed by atoms with Crippen LogP contribution in [0.5, 0.6) is 5.75 Å². The van der Waals surface area contributed by atoms with Crippen molar-refractivity contribution >= 4 is 0 Å². The summed E-state index contributed by atoms with van der Waals surface area (Å²) in [5, 5.41) is 0. The third-order valence-electron chi connectivity index (χ3n) is 3.92. The maximum Gasteiger partial charge on any atom is 0.127 e. The van der Waals surface area contributed by atoms with Gasteiger partial charge >= 0.3 is 0 Å². The van der Waals surface area contributed by atoms with Gasteiger partial charge in [-0.1, -0.05) is 61.9 Å². The molecule has 0 fully saturated rings. The minimum absolute atomic E-state index is 0.205. The van der Waals surface area contributed by atoms with Crippen molar-refractivity contribution in [3.05, 3.63) is 65.7 Å². The van der Waals surface area contributed by atoms with E-state index in [1.165, 1.54) is 24.0 Å². The van der Waals surface area contributed by atoms with Crippen LogP contribution in [0.4, 0.5) is 0 Å². The minimum atomic E-state index is 0.205. The fourth-order valence-electron chi connectivity index (χ4n) is 3.02. The van der Waals surface area contributed by atoms with Crippen LogP contribution >= 0.6 is 0 Å². The van der Waals surface area contributed by atoms with E-state index in [4.69, 9.17) is 4.74 Å². The predicted octanol–water partition coefficient (Wildman–Crippen LogP) is 4.78. The van der Waals surface area contributed by atoms with Gasteiger partial charge in [0.05, 0.1) is 0 Å². The Hall–Kier alpha value is -1.76. The first-order valence-corrected chi connectivity index (χ1v) is 7.18. The highest BCUT2D eigenvalue weighted by Gasteiger charge is 2.30. The Morgan fingerprint density at radius 1 is 1.00 bits per heavy atom. The molecule has 0 aliphatic carbocycles. The summed E-state index contributed by atoms with van der Waals surface area (Å²) >= 11 is 0. The quantitative estimate of drug-likeness (QED) is 0.764. The molecule has 0 amide bonds. The molecule has 19 heavy (non-hydrogen) atoms. The highest BCUT2D eigenvalue weighted by atomic mass is 16.5. The molecule has 0 aromatic heterocycles. The van der Waals surface area contributed by atoms with E-state index in [1.807, 2.05) is 0 Å². The van der Waals surface area contributed by atoms with Crippen LogP contribution in [-0.4, -0.2) is 0 Å². The van der Waals surface area contributed by atoms with E-state index in [2.05, 4.69) is 61.5 Å². The zero-order valence-electron chi connectivity index (χ0n) is 11.4. The zero-order chi connectivity index (χ0) is 13.1. The van der Waals surface area contributed by atoms with Crippen molar-refractivity contribution in [1.82, 2.24) is 0 Å². The van der Waals surface area contributed by atoms with Gasteiger partial charge in [0.15, 0.2) is 0 Å². The van der Waals surface area contributed by atoms with Gasteiger partial charge in [0.1, 0.15) is 11.9 Å². The number of rotatable bonds is 3. The van der Waals surface area contributed by atoms with Gasteiger partial charge in [-0.3, -0.25) is 0 Å². The molecule has 1 aliphatic rings. The molecule has 2 aromatic rings. The summed E-state index contributed by atoms with van der Waals surface area (Å²) in [6, 6.07) is 19.1. The van der Waals surface area contributed by atoms with Gasteiger partial charge in [0.25, 0.3) is 0 Å². The molecule has 1 aliphatic heterocycles. The lowest BCUT2D eigenvalue weighted by Crippen LogP contribution is -2.25. The second-order valence-corrected chi connectivity index (χ2v) is 5.31. The van der Waals surface area contributed by atoms with Crippen LogP contribution in [0.1, 0.15) is 37.0 Å². The normalized spacial score (nSPS) is 21.5. The van der Waals surface area contributed by atoms with Crippen LogP contribution in [-0.2, 0) is 6.42 Å². The first-order valence-electron chi connectivity index (χ1n) is 7.18. The number of ether oxygens (including phenoxy) is 1. The van der Waals surface area contributed by atoms with E-state index in [0.717, 1.165) is 12.2 Å². The number of fused-ring (bicyclic) bond motifs is 1. The highest BCUT2D eigenvalue weighted by Crippen LogP contribution is 2.40. The summed E-state index contributed by atoms with van der Waals surface area (Å²) in [5.74, 6) is 1.64. The average molecular weight is 252 g/mol. The number of benzene rings is 2. The SMILES string of the molecule is CCC[C@H]1Cc2ccccc2O[C@H]1c1ccccc1. The lowest BCUT2D eigenvalue weighted by molar-refractivity contribution is 0.107. The molecule has 98 valence electrons. The summed E-state index contributed by atoms with van der Waals surface area (Å²) in [7, 11) is 0. The van der Waals surface area contributed by atoms with Crippen LogP contribution in [0.25, 0.3) is 0 Å². The summed E-state index contributed by atoms with van der Waals surface area (Å²) < 4.78 is 6.28. The molecule has 0 unspecified atom stereocenters. The number of hydrogen-bond donors (Lipinski definition) is 0. The molecule has 1 heteroatoms. The van der Waals surface area contributed by atoms with Crippen molar-refractivity contribution in [3.8, 4) is 5.75 Å². The van der Waals surface area contributed by atoms with Crippen molar-refractivity contribution in [3.63, 3.8) is 0 Å². The third-order valence-corrected chi connectivity index (χ3v) is 3.92. The van der Waals surface area contributed by atoms with Gasteiger partial charge in [-0.25, -0.2) is 0 Å². The maximum atomic E-state index is 6.28. The fraction of sp³-hybridized carbons (Fsp3) is 0.333. The van der Waals surface area contributed by atoms with E-state index in [-0.39, 0.29) is 6.10 Å². The summed E-state index contributed by atoms with van der Waals surface area (Å²) in [4.78, 5) is 0. The second kappa shape index (κ2) is 5.48. The first-order chi connectivity index (χ1) is 9.38. The molecule has 0 saturated heterocycles. The van der Waals surface area contributed by atoms with E-state index in [9.17, 15) is 0 Å². The molecule has 2 aromatic carbocycles. The smallest absolute Gasteiger partial charge is 0.127 e. The molecule has 0 bridgehead atoms. The Labute approximate surface area is 115 Å². The van der Waals surface area contributed by atoms with Gasteiger partial charge in [0, 0.05) is 5.92 Å². The standard InChI is InChI=1S/C18H20O/c1-2-8-16-13-15-11-6-7-12-17(15)19-18(16)14-9-4-3-5-10-14/h3-7,9-12,16,18H,2,8,13H2,1H3/t16-,18-/m0/s1. The monoisotopic (exact) mass is 252 g/mol. The van der Waals surface area contributed by atoms with Crippen LogP contribution in [0.3, 0.4) is 0 Å². The van der Waals surface area contributed by atoms with Crippen molar-refractivity contribution in [1.29, 1.82) is 0 Å². The lowest BCUT2D eigenvalue weighted by Gasteiger charge is -2.34. The Kier molecular flexibility index (Phi) is 3.54. The van der Waals surface area contributed by atoms with Crippen LogP contribution in [0.2, 0.25) is 0 Å². The zero-order valence-corrected chi connectivity index (χ0v) is 11.4. The Morgan fingerprint density at radius 2 is 1.74 bits per heavy atom. The summed E-state index contributed by atoms with van der Waals surface area (Å²) in [6.45, 7) is 2.25. The maximum absolute atomic E-state index is 6.28. The molecule has 1 heterocycles. The molecule has 0 N–H and O–H groups in total. The van der Waals surface area contributed by atoms with Crippen LogP contribution < -0.4 is 4.74 Å². The molecule has 1 nitrogen and oxygen atoms in total. The largest absolute Gasteiger partial charge is 0.485 e. The Balaban J connectivity index is 1.94. The third kappa shape index (κ3) is 2.51. The molecule has 2 atom stereocenters. The van der Waals surface area contributed by atoms with E-state index >= 15 is 0 Å². The molecule has 0 saturated carbocycles. The van der Waals surface area contributed by atoms with Gasteiger partial charge in [-0.05, 0) is 30.0 Å². The molecule has 3 rings (SSSR count). The summed E-state index contributed by atoms with van der Waals surface area (Å²) in [6.07, 6.45) is 3.76. The van der Waals surface area contributed by atoms with Gasteiger partial charge in [0.2, 0.25) is 0 Å². The second-order valence-electron chi connectivity index (χ2n) is 5.31. The minimum Gasteiger partial charge on any atom is -0.485 e. The molecule has 0 radical (unpaired) electrons. The van der Waals surface area contributed by atoms with Gasteiger partial charge < -0.3 is 4.74 Å².